The van der Waals surface area contributed by atoms with Crippen LogP contribution in [0, 0.1) is 17.0 Å². The van der Waals surface area contributed by atoms with Crippen LogP contribution in [0.25, 0.3) is 0 Å². The normalized spacial score (nSPS) is 15.4. The average molecular weight is 342 g/mol. The van der Waals surface area contributed by atoms with E-state index in [0.717, 1.165) is 35.4 Å². The van der Waals surface area contributed by atoms with Crippen molar-refractivity contribution in [3.8, 4) is 5.75 Å². The lowest BCUT2D eigenvalue weighted by Gasteiger charge is -2.30. The Labute approximate surface area is 146 Å². The highest BCUT2D eigenvalue weighted by Crippen LogP contribution is 2.24. The molecule has 132 valence electrons. The van der Waals surface area contributed by atoms with Crippen molar-refractivity contribution in [2.24, 2.45) is 0 Å². The first-order chi connectivity index (χ1) is 12.0. The minimum Gasteiger partial charge on any atom is -0.491 e. The number of aryl methyl sites for hydroxylation is 1. The molecule has 0 bridgehead atoms. The van der Waals surface area contributed by atoms with Crippen LogP contribution in [0.3, 0.4) is 0 Å². The molecule has 6 nitrogen and oxygen atoms in total. The van der Waals surface area contributed by atoms with Crippen LogP contribution in [-0.2, 0) is 13.0 Å². The van der Waals surface area contributed by atoms with Crippen molar-refractivity contribution in [2.45, 2.75) is 26.0 Å². The number of benzene rings is 2. The van der Waals surface area contributed by atoms with Gasteiger partial charge in [0.1, 0.15) is 18.5 Å². The van der Waals surface area contributed by atoms with Crippen LogP contribution < -0.4 is 4.74 Å². The van der Waals surface area contributed by atoms with Crippen LogP contribution in [-0.4, -0.2) is 40.7 Å². The van der Waals surface area contributed by atoms with Gasteiger partial charge in [0.25, 0.3) is 5.69 Å². The Kier molecular flexibility index (Phi) is 5.31. The van der Waals surface area contributed by atoms with Gasteiger partial charge in [-0.05, 0) is 36.1 Å². The molecule has 1 aliphatic heterocycles. The van der Waals surface area contributed by atoms with E-state index in [1.807, 2.05) is 37.3 Å². The molecule has 0 aromatic heterocycles. The number of hydrogen-bond donors (Lipinski definition) is 1. The fraction of sp³-hybridized carbons (Fsp3) is 0.368. The van der Waals surface area contributed by atoms with Crippen molar-refractivity contribution in [2.75, 3.05) is 19.7 Å². The zero-order valence-electron chi connectivity index (χ0n) is 14.2. The van der Waals surface area contributed by atoms with E-state index in [2.05, 4.69) is 4.90 Å². The summed E-state index contributed by atoms with van der Waals surface area (Å²) in [6, 6.07) is 12.7. The molecule has 0 aliphatic carbocycles. The number of nitrogens with zero attached hydrogens (tertiary/aromatic N) is 2. The highest BCUT2D eigenvalue weighted by Gasteiger charge is 2.21. The number of β-amino-alcohol motifs (C(OH)–C–C–N with tert-alkyl or cyclic N) is 1. The zero-order valence-corrected chi connectivity index (χ0v) is 14.2. The summed E-state index contributed by atoms with van der Waals surface area (Å²) in [7, 11) is 0. The molecular weight excluding hydrogens is 320 g/mol. The first-order valence-corrected chi connectivity index (χ1v) is 8.38. The topological polar surface area (TPSA) is 75.8 Å². The van der Waals surface area contributed by atoms with Crippen molar-refractivity contribution < 1.29 is 14.8 Å². The summed E-state index contributed by atoms with van der Waals surface area (Å²) in [5.74, 6) is 0.779. The Morgan fingerprint density at radius 2 is 2.08 bits per heavy atom. The van der Waals surface area contributed by atoms with Gasteiger partial charge in [-0.25, -0.2) is 0 Å². The third kappa shape index (κ3) is 4.35. The van der Waals surface area contributed by atoms with E-state index in [9.17, 15) is 15.2 Å². The SMILES string of the molecule is Cc1ccccc1OCC(O)CN1CCc2ccc([N+](=O)[O-])cc2C1. The van der Waals surface area contributed by atoms with E-state index in [1.165, 1.54) is 0 Å². The van der Waals surface area contributed by atoms with Gasteiger partial charge in [0, 0.05) is 31.8 Å². The Bertz CT molecular complexity index is 763. The Morgan fingerprint density at radius 3 is 2.84 bits per heavy atom. The summed E-state index contributed by atoms with van der Waals surface area (Å²) in [6.07, 6.45) is 0.221. The fourth-order valence-corrected chi connectivity index (χ4v) is 3.13. The number of aliphatic hydroxyl groups is 1. The second-order valence-corrected chi connectivity index (χ2v) is 6.43. The van der Waals surface area contributed by atoms with E-state index < -0.39 is 6.10 Å². The monoisotopic (exact) mass is 342 g/mol. The van der Waals surface area contributed by atoms with E-state index in [4.69, 9.17) is 4.74 Å². The van der Waals surface area contributed by atoms with E-state index in [-0.39, 0.29) is 17.2 Å². The molecule has 6 heteroatoms. The lowest BCUT2D eigenvalue weighted by molar-refractivity contribution is -0.385. The molecule has 1 unspecified atom stereocenters. The van der Waals surface area contributed by atoms with Gasteiger partial charge in [0.05, 0.1) is 4.92 Å². The standard InChI is InChI=1S/C19H22N2O4/c1-14-4-2-3-5-19(14)25-13-18(22)12-20-9-8-15-6-7-17(21(23)24)10-16(15)11-20/h2-7,10,18,22H,8-9,11-13H2,1H3. The maximum Gasteiger partial charge on any atom is 0.269 e. The van der Waals surface area contributed by atoms with Gasteiger partial charge >= 0.3 is 0 Å². The number of ether oxygens (including phenoxy) is 1. The number of nitro groups is 1. The molecule has 0 amide bonds. The van der Waals surface area contributed by atoms with E-state index in [1.54, 1.807) is 12.1 Å². The fourth-order valence-electron chi connectivity index (χ4n) is 3.13. The molecule has 0 saturated carbocycles. The van der Waals surface area contributed by atoms with Crippen LogP contribution >= 0.6 is 0 Å². The van der Waals surface area contributed by atoms with Gasteiger partial charge in [0.15, 0.2) is 0 Å². The minimum absolute atomic E-state index is 0.115. The number of fused-ring (bicyclic) bond motifs is 1. The molecule has 2 aromatic rings. The summed E-state index contributed by atoms with van der Waals surface area (Å²) < 4.78 is 5.69. The molecule has 0 radical (unpaired) electrons. The third-order valence-electron chi connectivity index (χ3n) is 4.49. The quantitative estimate of drug-likeness (QED) is 0.645. The smallest absolute Gasteiger partial charge is 0.269 e. The van der Waals surface area contributed by atoms with Crippen molar-refractivity contribution in [1.82, 2.24) is 4.90 Å². The molecule has 2 aromatic carbocycles. The third-order valence-corrected chi connectivity index (χ3v) is 4.49. The van der Waals surface area contributed by atoms with Gasteiger partial charge in [-0.3, -0.25) is 15.0 Å². The summed E-state index contributed by atoms with van der Waals surface area (Å²) in [4.78, 5) is 12.7. The van der Waals surface area contributed by atoms with Crippen LogP contribution in [0.4, 0.5) is 5.69 Å². The molecule has 3 rings (SSSR count). The number of para-hydroxylation sites is 1. The molecule has 1 atom stereocenters. The maximum atomic E-state index is 10.9. The van der Waals surface area contributed by atoms with Crippen molar-refractivity contribution in [3.63, 3.8) is 0 Å². The molecule has 25 heavy (non-hydrogen) atoms. The second kappa shape index (κ2) is 7.63. The average Bonchev–Trinajstić information content (AvgIpc) is 2.60. The molecule has 0 fully saturated rings. The lowest BCUT2D eigenvalue weighted by Crippen LogP contribution is -2.38. The Morgan fingerprint density at radius 1 is 1.28 bits per heavy atom. The van der Waals surface area contributed by atoms with Crippen LogP contribution in [0.5, 0.6) is 5.75 Å². The number of aliphatic hydroxyl groups excluding tert-OH is 1. The molecule has 1 N–H and O–H groups in total. The largest absolute Gasteiger partial charge is 0.491 e. The first-order valence-electron chi connectivity index (χ1n) is 8.38. The second-order valence-electron chi connectivity index (χ2n) is 6.43. The molecule has 1 aliphatic rings. The number of non-ortho nitro benzene ring substituents is 1. The Hall–Kier alpha value is -2.44. The van der Waals surface area contributed by atoms with Gasteiger partial charge < -0.3 is 9.84 Å². The highest BCUT2D eigenvalue weighted by atomic mass is 16.6. The van der Waals surface area contributed by atoms with Crippen LogP contribution in [0.2, 0.25) is 0 Å². The van der Waals surface area contributed by atoms with Crippen molar-refractivity contribution in [3.05, 3.63) is 69.3 Å². The van der Waals surface area contributed by atoms with Crippen molar-refractivity contribution in [1.29, 1.82) is 0 Å². The molecule has 1 heterocycles. The molecular formula is C19H22N2O4. The number of nitro benzene ring substituents is 1. The summed E-state index contributed by atoms with van der Waals surface area (Å²) in [6.45, 7) is 4.11. The van der Waals surface area contributed by atoms with Gasteiger partial charge in [-0.15, -0.1) is 0 Å². The summed E-state index contributed by atoms with van der Waals surface area (Å²) >= 11 is 0. The summed E-state index contributed by atoms with van der Waals surface area (Å²) in [5.41, 5.74) is 3.26. The minimum atomic E-state index is -0.611. The first kappa shape index (κ1) is 17.4. The van der Waals surface area contributed by atoms with Crippen LogP contribution in [0.1, 0.15) is 16.7 Å². The Balaban J connectivity index is 1.56. The molecule has 0 saturated heterocycles. The number of hydrogen-bond acceptors (Lipinski definition) is 5. The highest BCUT2D eigenvalue weighted by molar-refractivity contribution is 5.41. The zero-order chi connectivity index (χ0) is 17.8. The summed E-state index contributed by atoms with van der Waals surface area (Å²) in [5, 5.41) is 21.2. The maximum absolute atomic E-state index is 10.9. The van der Waals surface area contributed by atoms with Crippen LogP contribution in [0.15, 0.2) is 42.5 Å². The number of rotatable bonds is 6. The van der Waals surface area contributed by atoms with E-state index >= 15 is 0 Å². The van der Waals surface area contributed by atoms with E-state index in [0.29, 0.717) is 13.1 Å². The predicted molar refractivity (Wildman–Crippen MR) is 94.8 cm³/mol. The van der Waals surface area contributed by atoms with Crippen molar-refractivity contribution >= 4 is 5.69 Å². The lowest BCUT2D eigenvalue weighted by atomic mass is 9.99. The van der Waals surface area contributed by atoms with Gasteiger partial charge in [-0.2, -0.15) is 0 Å². The van der Waals surface area contributed by atoms with Gasteiger partial charge in [0.2, 0.25) is 0 Å². The predicted octanol–water partition coefficient (Wildman–Crippen LogP) is 2.70. The molecule has 0 spiro atoms. The van der Waals surface area contributed by atoms with Gasteiger partial charge in [-0.1, -0.05) is 24.3 Å².